The highest BCUT2D eigenvalue weighted by Gasteiger charge is 2.36. The Labute approximate surface area is 279 Å². The van der Waals surface area contributed by atoms with E-state index in [2.05, 4.69) is 5.32 Å². The summed E-state index contributed by atoms with van der Waals surface area (Å²) >= 11 is 0. The summed E-state index contributed by atoms with van der Waals surface area (Å²) in [5.41, 5.74) is 3.15. The summed E-state index contributed by atoms with van der Waals surface area (Å²) in [5, 5.41) is 3.06. The van der Waals surface area contributed by atoms with E-state index in [0.29, 0.717) is 17.9 Å². The number of benzene rings is 4. The van der Waals surface area contributed by atoms with E-state index in [0.717, 1.165) is 22.3 Å². The van der Waals surface area contributed by atoms with Crippen molar-refractivity contribution in [1.82, 2.24) is 10.2 Å². The van der Waals surface area contributed by atoms with E-state index in [-0.39, 0.29) is 23.8 Å². The van der Waals surface area contributed by atoms with Crippen LogP contribution in [-0.4, -0.2) is 50.4 Å². The second kappa shape index (κ2) is 15.3. The van der Waals surface area contributed by atoms with Gasteiger partial charge in [0.1, 0.15) is 18.3 Å². The molecule has 0 heterocycles. The van der Waals surface area contributed by atoms with Crippen molar-refractivity contribution in [2.75, 3.05) is 18.0 Å². The van der Waals surface area contributed by atoms with E-state index in [9.17, 15) is 18.0 Å². The van der Waals surface area contributed by atoms with Crippen LogP contribution < -0.4 is 14.4 Å². The Morgan fingerprint density at radius 3 is 2.13 bits per heavy atom. The lowest BCUT2D eigenvalue weighted by molar-refractivity contribution is -0.140. The molecule has 2 amide bonds. The maximum Gasteiger partial charge on any atom is 0.264 e. The first kappa shape index (κ1) is 35.2. The Kier molecular flexibility index (Phi) is 11.5. The normalized spacial score (nSPS) is 12.2. The molecule has 47 heavy (non-hydrogen) atoms. The molecule has 4 aromatic rings. The van der Waals surface area contributed by atoms with Crippen LogP contribution in [0.4, 0.5) is 5.69 Å². The largest absolute Gasteiger partial charge is 0.497 e. The Balaban J connectivity index is 1.85. The minimum atomic E-state index is -4.18. The van der Waals surface area contributed by atoms with Gasteiger partial charge in [-0.25, -0.2) is 8.42 Å². The first-order valence-electron chi connectivity index (χ1n) is 15.8. The molecule has 8 nitrogen and oxygen atoms in total. The number of para-hydroxylation sites is 1. The lowest BCUT2D eigenvalue weighted by atomic mass is 10.0. The lowest BCUT2D eigenvalue weighted by Crippen LogP contribution is -2.56. The van der Waals surface area contributed by atoms with Crippen molar-refractivity contribution in [2.24, 2.45) is 0 Å². The number of methoxy groups -OCH3 is 1. The highest BCUT2D eigenvalue weighted by atomic mass is 32.2. The molecule has 0 aliphatic carbocycles. The molecule has 4 rings (SSSR count). The molecule has 0 saturated heterocycles. The highest BCUT2D eigenvalue weighted by molar-refractivity contribution is 7.92. The molecule has 0 radical (unpaired) electrons. The lowest BCUT2D eigenvalue weighted by Gasteiger charge is -2.35. The number of rotatable bonds is 13. The molecule has 0 spiro atoms. The van der Waals surface area contributed by atoms with Crippen LogP contribution in [0.2, 0.25) is 0 Å². The number of hydrogen-bond donors (Lipinski definition) is 1. The minimum absolute atomic E-state index is 0.0545. The molecule has 0 fully saturated rings. The van der Waals surface area contributed by atoms with Gasteiger partial charge >= 0.3 is 0 Å². The number of ether oxygens (including phenoxy) is 1. The van der Waals surface area contributed by atoms with Crippen LogP contribution in [0.1, 0.15) is 49.9 Å². The number of carbonyl (C=O) groups excluding carboxylic acids is 2. The summed E-state index contributed by atoms with van der Waals surface area (Å²) in [6.45, 7) is 9.03. The smallest absolute Gasteiger partial charge is 0.264 e. The summed E-state index contributed by atoms with van der Waals surface area (Å²) in [6.07, 6.45) is 0.789. The third-order valence-corrected chi connectivity index (χ3v) is 9.56. The predicted octanol–water partition coefficient (Wildman–Crippen LogP) is 6.32. The van der Waals surface area contributed by atoms with E-state index in [4.69, 9.17) is 4.74 Å². The molecule has 0 bridgehead atoms. The first-order valence-corrected chi connectivity index (χ1v) is 17.2. The van der Waals surface area contributed by atoms with Crippen molar-refractivity contribution in [3.63, 3.8) is 0 Å². The minimum Gasteiger partial charge on any atom is -0.497 e. The molecule has 0 aliphatic rings. The maximum absolute atomic E-state index is 14.7. The predicted molar refractivity (Wildman–Crippen MR) is 187 cm³/mol. The Bertz CT molecular complexity index is 1770. The molecule has 0 aliphatic heterocycles. The molecule has 1 atom stereocenters. The van der Waals surface area contributed by atoms with Crippen LogP contribution >= 0.6 is 0 Å². The van der Waals surface area contributed by atoms with Crippen molar-refractivity contribution in [2.45, 2.75) is 70.5 Å². The highest BCUT2D eigenvalue weighted by Crippen LogP contribution is 2.29. The second-order valence-corrected chi connectivity index (χ2v) is 14.5. The summed E-state index contributed by atoms with van der Waals surface area (Å²) in [4.78, 5) is 30.4. The van der Waals surface area contributed by atoms with Gasteiger partial charge in [0.2, 0.25) is 11.8 Å². The van der Waals surface area contributed by atoms with Gasteiger partial charge in [-0.15, -0.1) is 0 Å². The van der Waals surface area contributed by atoms with Crippen molar-refractivity contribution >= 4 is 27.5 Å². The van der Waals surface area contributed by atoms with Crippen molar-refractivity contribution in [3.8, 4) is 5.75 Å². The number of aryl methyl sites for hydroxylation is 2. The number of nitrogens with zero attached hydrogens (tertiary/aromatic N) is 2. The van der Waals surface area contributed by atoms with E-state index in [1.165, 1.54) is 9.21 Å². The fraction of sp³-hybridized carbons (Fsp3) is 0.316. The van der Waals surface area contributed by atoms with Gasteiger partial charge in [-0.2, -0.15) is 0 Å². The Morgan fingerprint density at radius 1 is 0.851 bits per heavy atom. The van der Waals surface area contributed by atoms with Crippen LogP contribution in [0.3, 0.4) is 0 Å². The fourth-order valence-corrected chi connectivity index (χ4v) is 6.83. The number of anilines is 1. The van der Waals surface area contributed by atoms with Crippen molar-refractivity contribution in [3.05, 3.63) is 125 Å². The number of nitrogens with one attached hydrogen (secondary N) is 1. The SMILES string of the molecule is CCc1ccccc1N(CC(=O)N(Cc1cccc(OC)c1)C(Cc1ccccc1)C(=O)NC(C)(C)C)S(=O)(=O)c1ccc(C)cc1. The monoisotopic (exact) mass is 655 g/mol. The zero-order valence-corrected chi connectivity index (χ0v) is 28.9. The van der Waals surface area contributed by atoms with Gasteiger partial charge in [0.25, 0.3) is 10.0 Å². The van der Waals surface area contributed by atoms with Crippen molar-refractivity contribution < 1.29 is 22.7 Å². The van der Waals surface area contributed by atoms with Crippen LogP contribution in [-0.2, 0) is 39.0 Å². The number of sulfonamides is 1. The quantitative estimate of drug-likeness (QED) is 0.182. The van der Waals surface area contributed by atoms with E-state index < -0.39 is 34.1 Å². The number of amides is 2. The molecular weight excluding hydrogens is 611 g/mol. The summed E-state index contributed by atoms with van der Waals surface area (Å²) in [7, 11) is -2.62. The first-order chi connectivity index (χ1) is 22.3. The van der Waals surface area contributed by atoms with Crippen LogP contribution in [0.5, 0.6) is 5.75 Å². The summed E-state index contributed by atoms with van der Waals surface area (Å²) in [5.74, 6) is -0.243. The van der Waals surface area contributed by atoms with E-state index in [1.807, 2.05) is 95.3 Å². The molecule has 1 N–H and O–H groups in total. The average Bonchev–Trinajstić information content (AvgIpc) is 3.05. The fourth-order valence-electron chi connectivity index (χ4n) is 5.38. The second-order valence-electron chi connectivity index (χ2n) is 12.6. The standard InChI is InChI=1S/C38H45N3O5S/c1-7-31-17-11-12-19-34(31)41(47(44,45)33-22-20-28(2)21-23-33)27-36(42)40(26-30-16-13-18-32(24-30)46-6)35(37(43)39-38(3,4)5)25-29-14-9-8-10-15-29/h8-24,35H,7,25-27H2,1-6H3,(H,39,43). The third kappa shape index (κ3) is 9.23. The summed E-state index contributed by atoms with van der Waals surface area (Å²) < 4.78 is 35.3. The van der Waals surface area contributed by atoms with E-state index in [1.54, 1.807) is 49.6 Å². The van der Waals surface area contributed by atoms with Gasteiger partial charge in [0, 0.05) is 18.5 Å². The molecule has 4 aromatic carbocycles. The van der Waals surface area contributed by atoms with Gasteiger partial charge in [-0.05, 0) is 81.1 Å². The van der Waals surface area contributed by atoms with Gasteiger partial charge in [0.15, 0.2) is 0 Å². The zero-order chi connectivity index (χ0) is 34.2. The molecule has 9 heteroatoms. The van der Waals surface area contributed by atoms with Crippen LogP contribution in [0.25, 0.3) is 0 Å². The Hall–Kier alpha value is -4.63. The maximum atomic E-state index is 14.7. The molecule has 0 saturated carbocycles. The average molecular weight is 656 g/mol. The molecular formula is C38H45N3O5S. The zero-order valence-electron chi connectivity index (χ0n) is 28.1. The van der Waals surface area contributed by atoms with Crippen LogP contribution in [0, 0.1) is 6.92 Å². The van der Waals surface area contributed by atoms with Gasteiger partial charge in [-0.1, -0.05) is 85.3 Å². The summed E-state index contributed by atoms with van der Waals surface area (Å²) in [6, 6.07) is 29.6. The van der Waals surface area contributed by atoms with Crippen molar-refractivity contribution in [1.29, 1.82) is 0 Å². The molecule has 1 unspecified atom stereocenters. The molecule has 0 aromatic heterocycles. The topological polar surface area (TPSA) is 96.0 Å². The Morgan fingerprint density at radius 2 is 1.49 bits per heavy atom. The van der Waals surface area contributed by atoms with Crippen LogP contribution in [0.15, 0.2) is 108 Å². The van der Waals surface area contributed by atoms with Gasteiger partial charge < -0.3 is 15.0 Å². The van der Waals surface area contributed by atoms with E-state index >= 15 is 0 Å². The number of carbonyl (C=O) groups is 2. The number of hydrogen-bond acceptors (Lipinski definition) is 5. The van der Waals surface area contributed by atoms with Gasteiger partial charge in [0.05, 0.1) is 17.7 Å². The third-order valence-electron chi connectivity index (χ3n) is 7.79. The molecule has 248 valence electrons. The van der Waals surface area contributed by atoms with Gasteiger partial charge in [-0.3, -0.25) is 13.9 Å².